The van der Waals surface area contributed by atoms with Crippen molar-refractivity contribution in [3.05, 3.63) is 85.6 Å². The van der Waals surface area contributed by atoms with Crippen LogP contribution in [0.25, 0.3) is 0 Å². The van der Waals surface area contributed by atoms with Gasteiger partial charge in [0.15, 0.2) is 5.16 Å². The lowest BCUT2D eigenvalue weighted by Crippen LogP contribution is -2.31. The normalized spacial score (nSPS) is 15.8. The van der Waals surface area contributed by atoms with Crippen LogP contribution in [-0.4, -0.2) is 15.9 Å². The molecule has 1 unspecified atom stereocenters. The van der Waals surface area contributed by atoms with Gasteiger partial charge in [-0.15, -0.1) is 0 Å². The number of aromatic amines is 1. The van der Waals surface area contributed by atoms with Crippen molar-refractivity contribution in [3.63, 3.8) is 0 Å². The highest BCUT2D eigenvalue weighted by Crippen LogP contribution is 2.37. The fourth-order valence-corrected chi connectivity index (χ4v) is 4.38. The largest absolute Gasteiger partial charge is 0.310 e. The van der Waals surface area contributed by atoms with Gasteiger partial charge in [-0.25, -0.2) is 4.98 Å². The van der Waals surface area contributed by atoms with Crippen molar-refractivity contribution in [2.75, 3.05) is 5.32 Å². The smallest absolute Gasteiger partial charge is 0.257 e. The van der Waals surface area contributed by atoms with E-state index in [9.17, 15) is 9.59 Å². The van der Waals surface area contributed by atoms with Crippen LogP contribution in [0.4, 0.5) is 5.82 Å². The number of nitrogens with zero attached hydrogens (tertiary/aromatic N) is 1. The molecule has 0 saturated heterocycles. The molecular weight excluding hydrogens is 417 g/mol. The van der Waals surface area contributed by atoms with Crippen molar-refractivity contribution in [1.82, 2.24) is 9.97 Å². The maximum absolute atomic E-state index is 12.8. The molecule has 3 aromatic rings. The standard InChI is InChI=1S/C20H15Cl2N3O2S/c21-12-7-5-11(6-8-12)10-28-20-24-18-17(19(27)25-20)14(9-16(26)23-18)13-3-1-2-4-15(13)22/h1-8,14H,9-10H2,(H2,23,24,25,26,27). The Kier molecular flexibility index (Phi) is 5.44. The van der Waals surface area contributed by atoms with Gasteiger partial charge in [-0.1, -0.05) is 65.3 Å². The molecule has 2 aromatic carbocycles. The maximum atomic E-state index is 12.8. The number of nitrogens with one attached hydrogen (secondary N) is 2. The van der Waals surface area contributed by atoms with Crippen LogP contribution in [0.3, 0.4) is 0 Å². The van der Waals surface area contributed by atoms with E-state index in [0.717, 1.165) is 11.1 Å². The average molecular weight is 432 g/mol. The monoisotopic (exact) mass is 431 g/mol. The summed E-state index contributed by atoms with van der Waals surface area (Å²) in [5.74, 6) is 0.289. The van der Waals surface area contributed by atoms with Crippen LogP contribution >= 0.6 is 35.0 Å². The number of amides is 1. The number of benzene rings is 2. The van der Waals surface area contributed by atoms with Gasteiger partial charge in [0.1, 0.15) is 5.82 Å². The van der Waals surface area contributed by atoms with Gasteiger partial charge in [0.25, 0.3) is 5.56 Å². The molecule has 0 saturated carbocycles. The predicted molar refractivity (Wildman–Crippen MR) is 112 cm³/mol. The van der Waals surface area contributed by atoms with E-state index >= 15 is 0 Å². The number of anilines is 1. The highest BCUT2D eigenvalue weighted by Gasteiger charge is 2.32. The number of hydrogen-bond donors (Lipinski definition) is 2. The molecule has 0 aliphatic carbocycles. The van der Waals surface area contributed by atoms with Crippen molar-refractivity contribution < 1.29 is 4.79 Å². The maximum Gasteiger partial charge on any atom is 0.257 e. The minimum absolute atomic E-state index is 0.152. The Balaban J connectivity index is 1.66. The van der Waals surface area contributed by atoms with E-state index < -0.39 is 5.92 Å². The van der Waals surface area contributed by atoms with Crippen LogP contribution in [0.2, 0.25) is 10.0 Å². The number of fused-ring (bicyclic) bond motifs is 1. The molecule has 1 aromatic heterocycles. The van der Waals surface area contributed by atoms with E-state index in [2.05, 4.69) is 15.3 Å². The Morgan fingerprint density at radius 2 is 1.82 bits per heavy atom. The fraction of sp³-hybridized carbons (Fsp3) is 0.150. The topological polar surface area (TPSA) is 74.8 Å². The molecule has 1 atom stereocenters. The fourth-order valence-electron chi connectivity index (χ4n) is 3.17. The third kappa shape index (κ3) is 3.94. The van der Waals surface area contributed by atoms with Crippen LogP contribution in [0.5, 0.6) is 0 Å². The van der Waals surface area contributed by atoms with Crippen LogP contribution in [0.1, 0.15) is 29.0 Å². The first kappa shape index (κ1) is 19.1. The second kappa shape index (κ2) is 7.99. The summed E-state index contributed by atoms with van der Waals surface area (Å²) in [5, 5.41) is 4.36. The molecule has 0 spiro atoms. The molecule has 2 heterocycles. The molecule has 8 heteroatoms. The summed E-state index contributed by atoms with van der Waals surface area (Å²) >= 11 is 13.6. The molecule has 1 aliphatic heterocycles. The first-order valence-corrected chi connectivity index (χ1v) is 10.3. The van der Waals surface area contributed by atoms with E-state index in [4.69, 9.17) is 23.2 Å². The summed E-state index contributed by atoms with van der Waals surface area (Å²) in [7, 11) is 0. The molecule has 0 radical (unpaired) electrons. The zero-order valence-corrected chi connectivity index (χ0v) is 16.9. The van der Waals surface area contributed by atoms with Crippen molar-refractivity contribution >= 4 is 46.7 Å². The van der Waals surface area contributed by atoms with Gasteiger partial charge in [-0.05, 0) is 29.3 Å². The molecule has 4 rings (SSSR count). The van der Waals surface area contributed by atoms with Gasteiger partial charge >= 0.3 is 0 Å². The first-order valence-electron chi connectivity index (χ1n) is 8.57. The van der Waals surface area contributed by atoms with Crippen molar-refractivity contribution in [1.29, 1.82) is 0 Å². The van der Waals surface area contributed by atoms with Gasteiger partial charge in [0.2, 0.25) is 5.91 Å². The number of halogens is 2. The van der Waals surface area contributed by atoms with E-state index in [1.807, 2.05) is 42.5 Å². The van der Waals surface area contributed by atoms with E-state index in [0.29, 0.717) is 32.3 Å². The number of carbonyl (C=O) groups is 1. The molecule has 0 fully saturated rings. The lowest BCUT2D eigenvalue weighted by atomic mass is 9.87. The first-order chi connectivity index (χ1) is 13.5. The van der Waals surface area contributed by atoms with Crippen LogP contribution in [0.15, 0.2) is 58.5 Å². The minimum atomic E-state index is -0.427. The Morgan fingerprint density at radius 1 is 1.07 bits per heavy atom. The number of hydrogen-bond acceptors (Lipinski definition) is 4. The molecule has 2 N–H and O–H groups in total. The third-order valence-corrected chi connectivity index (χ3v) is 6.04. The summed E-state index contributed by atoms with van der Waals surface area (Å²) < 4.78 is 0. The number of aromatic nitrogens is 2. The zero-order valence-electron chi connectivity index (χ0n) is 14.5. The number of H-pyrrole nitrogens is 1. The Morgan fingerprint density at radius 3 is 2.57 bits per heavy atom. The summed E-state index contributed by atoms with van der Waals surface area (Å²) in [6.07, 6.45) is 0.152. The van der Waals surface area contributed by atoms with Gasteiger partial charge in [-0.3, -0.25) is 9.59 Å². The summed E-state index contributed by atoms with van der Waals surface area (Å²) in [6.45, 7) is 0. The van der Waals surface area contributed by atoms with Gasteiger partial charge in [-0.2, -0.15) is 0 Å². The van der Waals surface area contributed by atoms with Gasteiger partial charge < -0.3 is 10.3 Å². The molecule has 0 bridgehead atoms. The Hall–Kier alpha value is -2.28. The Bertz CT molecular complexity index is 1100. The van der Waals surface area contributed by atoms with Gasteiger partial charge in [0.05, 0.1) is 5.56 Å². The molecule has 28 heavy (non-hydrogen) atoms. The zero-order chi connectivity index (χ0) is 19.7. The van der Waals surface area contributed by atoms with Crippen molar-refractivity contribution in [3.8, 4) is 0 Å². The molecule has 1 aliphatic rings. The van der Waals surface area contributed by atoms with Crippen LogP contribution < -0.4 is 10.9 Å². The molecule has 142 valence electrons. The Labute approximate surface area is 175 Å². The second-order valence-electron chi connectivity index (χ2n) is 6.37. The van der Waals surface area contributed by atoms with E-state index in [1.165, 1.54) is 11.8 Å². The summed E-state index contributed by atoms with van der Waals surface area (Å²) in [6, 6.07) is 14.7. The highest BCUT2D eigenvalue weighted by atomic mass is 35.5. The SMILES string of the molecule is O=C1CC(c2ccccc2Cl)c2c(nc(SCc3ccc(Cl)cc3)[nH]c2=O)N1. The van der Waals surface area contributed by atoms with Crippen molar-refractivity contribution in [2.45, 2.75) is 23.2 Å². The average Bonchev–Trinajstić information content (AvgIpc) is 2.67. The van der Waals surface area contributed by atoms with Crippen LogP contribution in [0, 0.1) is 0 Å². The van der Waals surface area contributed by atoms with E-state index in [1.54, 1.807) is 6.07 Å². The lowest BCUT2D eigenvalue weighted by Gasteiger charge is -2.25. The molecule has 1 amide bonds. The predicted octanol–water partition coefficient (Wildman–Crippen LogP) is 4.84. The number of rotatable bonds is 4. The molecular formula is C20H15Cl2N3O2S. The summed E-state index contributed by atoms with van der Waals surface area (Å²) in [4.78, 5) is 32.3. The lowest BCUT2D eigenvalue weighted by molar-refractivity contribution is -0.116. The summed E-state index contributed by atoms with van der Waals surface area (Å²) in [5.41, 5.74) is 1.96. The number of carbonyl (C=O) groups excluding carboxylic acids is 1. The molecule has 5 nitrogen and oxygen atoms in total. The van der Waals surface area contributed by atoms with Crippen LogP contribution in [-0.2, 0) is 10.5 Å². The van der Waals surface area contributed by atoms with Crippen molar-refractivity contribution in [2.24, 2.45) is 0 Å². The third-order valence-electron chi connectivity index (χ3n) is 4.50. The second-order valence-corrected chi connectivity index (χ2v) is 8.18. The highest BCUT2D eigenvalue weighted by molar-refractivity contribution is 7.98. The number of thioether (sulfide) groups is 1. The van der Waals surface area contributed by atoms with Gasteiger partial charge in [0, 0.05) is 28.1 Å². The van der Waals surface area contributed by atoms with E-state index in [-0.39, 0.29) is 17.9 Å². The quantitative estimate of drug-likeness (QED) is 0.457. The minimum Gasteiger partial charge on any atom is -0.310 e.